The Morgan fingerprint density at radius 1 is 1.36 bits per heavy atom. The Morgan fingerprint density at radius 3 is 2.95 bits per heavy atom. The van der Waals surface area contributed by atoms with E-state index >= 15 is 0 Å². The van der Waals surface area contributed by atoms with Crippen molar-refractivity contribution in [3.8, 4) is 0 Å². The number of hydrogen-bond acceptors (Lipinski definition) is 2. The molecule has 2 rings (SSSR count). The highest BCUT2D eigenvalue weighted by Gasteiger charge is 2.03. The summed E-state index contributed by atoms with van der Waals surface area (Å²) in [7, 11) is 0. The van der Waals surface area contributed by atoms with Gasteiger partial charge in [0.2, 0.25) is 0 Å². The summed E-state index contributed by atoms with van der Waals surface area (Å²) in [5.74, 6) is 0.905. The van der Waals surface area contributed by atoms with Crippen LogP contribution in [0.1, 0.15) is 44.6 Å². The first-order valence-electron chi connectivity index (χ1n) is 8.47. The Labute approximate surface area is 133 Å². The number of allylic oxidation sites excluding steroid dienone is 1. The van der Waals surface area contributed by atoms with E-state index in [1.807, 2.05) is 10.9 Å². The maximum absolute atomic E-state index is 4.67. The van der Waals surface area contributed by atoms with E-state index in [1.165, 1.54) is 31.2 Å². The predicted molar refractivity (Wildman–Crippen MR) is 92.1 cm³/mol. The van der Waals surface area contributed by atoms with Gasteiger partial charge in [-0.3, -0.25) is 9.67 Å². The smallest absolute Gasteiger partial charge is 0.191 e. The summed E-state index contributed by atoms with van der Waals surface area (Å²) in [6.07, 6.45) is 12.6. The topological polar surface area (TPSA) is 54.2 Å². The van der Waals surface area contributed by atoms with E-state index in [0.29, 0.717) is 0 Å². The summed E-state index contributed by atoms with van der Waals surface area (Å²) in [6.45, 7) is 7.58. The number of nitrogens with one attached hydrogen (secondary N) is 2. The third kappa shape index (κ3) is 5.92. The van der Waals surface area contributed by atoms with Gasteiger partial charge >= 0.3 is 0 Å². The molecule has 22 heavy (non-hydrogen) atoms. The van der Waals surface area contributed by atoms with Crippen LogP contribution in [0.4, 0.5) is 0 Å². The number of guanidine groups is 1. The molecule has 0 spiro atoms. The predicted octanol–water partition coefficient (Wildman–Crippen LogP) is 2.64. The van der Waals surface area contributed by atoms with Crippen molar-refractivity contribution in [2.75, 3.05) is 19.6 Å². The van der Waals surface area contributed by atoms with Gasteiger partial charge in [-0.05, 0) is 51.5 Å². The van der Waals surface area contributed by atoms with E-state index in [1.54, 1.807) is 5.57 Å². The van der Waals surface area contributed by atoms with Gasteiger partial charge in [0.15, 0.2) is 5.96 Å². The van der Waals surface area contributed by atoms with Crippen molar-refractivity contribution in [1.29, 1.82) is 0 Å². The number of aliphatic imine (C=N–C) groups is 1. The Bertz CT molecular complexity index is 501. The molecule has 0 unspecified atom stereocenters. The fourth-order valence-electron chi connectivity index (χ4n) is 2.66. The Balaban J connectivity index is 1.73. The SMILES string of the molecule is CCNC(=NCCC1=CCCCC1)NCCn1cc(C)cn1. The van der Waals surface area contributed by atoms with Crippen molar-refractivity contribution in [2.24, 2.45) is 4.99 Å². The monoisotopic (exact) mass is 303 g/mol. The van der Waals surface area contributed by atoms with Crippen LogP contribution in [-0.4, -0.2) is 35.4 Å². The van der Waals surface area contributed by atoms with Crippen molar-refractivity contribution >= 4 is 5.96 Å². The fraction of sp³-hybridized carbons (Fsp3) is 0.647. The maximum atomic E-state index is 4.67. The minimum Gasteiger partial charge on any atom is -0.357 e. The minimum absolute atomic E-state index is 0.829. The molecule has 0 radical (unpaired) electrons. The molecule has 0 fully saturated rings. The molecule has 0 bridgehead atoms. The van der Waals surface area contributed by atoms with Crippen LogP contribution in [0.3, 0.4) is 0 Å². The van der Waals surface area contributed by atoms with Crippen LogP contribution in [0, 0.1) is 6.92 Å². The van der Waals surface area contributed by atoms with Crippen LogP contribution in [0.5, 0.6) is 0 Å². The summed E-state index contributed by atoms with van der Waals surface area (Å²) < 4.78 is 1.96. The summed E-state index contributed by atoms with van der Waals surface area (Å²) in [5.41, 5.74) is 2.78. The van der Waals surface area contributed by atoms with Gasteiger partial charge in [0, 0.05) is 25.8 Å². The van der Waals surface area contributed by atoms with Crippen LogP contribution in [0.25, 0.3) is 0 Å². The quantitative estimate of drug-likeness (QED) is 0.462. The molecule has 0 saturated carbocycles. The van der Waals surface area contributed by atoms with Crippen molar-refractivity contribution in [3.05, 3.63) is 29.6 Å². The average Bonchev–Trinajstić information content (AvgIpc) is 2.94. The number of rotatable bonds is 7. The molecule has 1 heterocycles. The summed E-state index contributed by atoms with van der Waals surface area (Å²) >= 11 is 0. The van der Waals surface area contributed by atoms with E-state index < -0.39 is 0 Å². The van der Waals surface area contributed by atoms with Gasteiger partial charge in [0.05, 0.1) is 12.7 Å². The molecule has 2 N–H and O–H groups in total. The number of nitrogens with zero attached hydrogens (tertiary/aromatic N) is 3. The van der Waals surface area contributed by atoms with Gasteiger partial charge in [0.25, 0.3) is 0 Å². The molecule has 0 aliphatic heterocycles. The molecule has 0 amide bonds. The molecule has 1 aromatic heterocycles. The first kappa shape index (κ1) is 16.6. The van der Waals surface area contributed by atoms with Gasteiger partial charge in [-0.15, -0.1) is 0 Å². The van der Waals surface area contributed by atoms with Crippen LogP contribution in [0.15, 0.2) is 29.0 Å². The second-order valence-corrected chi connectivity index (χ2v) is 5.83. The lowest BCUT2D eigenvalue weighted by molar-refractivity contribution is 0.597. The Kier molecular flexibility index (Phi) is 7.00. The fourth-order valence-corrected chi connectivity index (χ4v) is 2.66. The molecule has 1 aromatic rings. The van der Waals surface area contributed by atoms with Crippen molar-refractivity contribution < 1.29 is 0 Å². The normalized spacial score (nSPS) is 15.5. The molecular formula is C17H29N5. The highest BCUT2D eigenvalue weighted by Crippen LogP contribution is 2.19. The van der Waals surface area contributed by atoms with Crippen molar-refractivity contribution in [1.82, 2.24) is 20.4 Å². The van der Waals surface area contributed by atoms with Gasteiger partial charge in [-0.2, -0.15) is 5.10 Å². The molecule has 5 heteroatoms. The maximum Gasteiger partial charge on any atom is 0.191 e. The van der Waals surface area contributed by atoms with E-state index in [2.05, 4.69) is 46.8 Å². The van der Waals surface area contributed by atoms with Gasteiger partial charge in [0.1, 0.15) is 0 Å². The van der Waals surface area contributed by atoms with Gasteiger partial charge in [-0.1, -0.05) is 11.6 Å². The van der Waals surface area contributed by atoms with Gasteiger partial charge in [-0.25, -0.2) is 0 Å². The van der Waals surface area contributed by atoms with Gasteiger partial charge < -0.3 is 10.6 Å². The summed E-state index contributed by atoms with van der Waals surface area (Å²) in [4.78, 5) is 4.67. The average molecular weight is 303 g/mol. The molecule has 122 valence electrons. The second-order valence-electron chi connectivity index (χ2n) is 5.83. The van der Waals surface area contributed by atoms with E-state index in [0.717, 1.165) is 38.6 Å². The number of aryl methyl sites for hydroxylation is 1. The van der Waals surface area contributed by atoms with Crippen molar-refractivity contribution in [3.63, 3.8) is 0 Å². The summed E-state index contributed by atoms with van der Waals surface area (Å²) in [5, 5.41) is 11.0. The third-order valence-corrected chi connectivity index (χ3v) is 3.83. The zero-order valence-corrected chi connectivity index (χ0v) is 13.9. The molecule has 5 nitrogen and oxygen atoms in total. The van der Waals surface area contributed by atoms with Crippen LogP contribution >= 0.6 is 0 Å². The first-order valence-corrected chi connectivity index (χ1v) is 8.47. The minimum atomic E-state index is 0.829. The third-order valence-electron chi connectivity index (χ3n) is 3.83. The lowest BCUT2D eigenvalue weighted by atomic mass is 9.97. The van der Waals surface area contributed by atoms with Crippen LogP contribution in [-0.2, 0) is 6.54 Å². The first-order chi connectivity index (χ1) is 10.8. The second kappa shape index (κ2) is 9.28. The van der Waals surface area contributed by atoms with E-state index in [4.69, 9.17) is 0 Å². The molecule has 0 atom stereocenters. The molecule has 0 saturated heterocycles. The van der Waals surface area contributed by atoms with Crippen molar-refractivity contribution in [2.45, 2.75) is 52.5 Å². The highest BCUT2D eigenvalue weighted by molar-refractivity contribution is 5.79. The zero-order valence-electron chi connectivity index (χ0n) is 13.9. The molecular weight excluding hydrogens is 274 g/mol. The summed E-state index contributed by atoms with van der Waals surface area (Å²) in [6, 6.07) is 0. The molecule has 0 aromatic carbocycles. The standard InChI is InChI=1S/C17H29N5/c1-3-18-17(19-10-9-16-7-5-4-6-8-16)20-11-12-22-14-15(2)13-21-22/h7,13-14H,3-6,8-12H2,1-2H3,(H2,18,19,20). The number of aromatic nitrogens is 2. The molecule has 1 aliphatic carbocycles. The lowest BCUT2D eigenvalue weighted by Gasteiger charge is -2.13. The highest BCUT2D eigenvalue weighted by atomic mass is 15.3. The Morgan fingerprint density at radius 2 is 2.27 bits per heavy atom. The number of hydrogen-bond donors (Lipinski definition) is 2. The van der Waals surface area contributed by atoms with E-state index in [-0.39, 0.29) is 0 Å². The van der Waals surface area contributed by atoms with Crippen LogP contribution < -0.4 is 10.6 Å². The zero-order chi connectivity index (χ0) is 15.6. The van der Waals surface area contributed by atoms with Crippen LogP contribution in [0.2, 0.25) is 0 Å². The lowest BCUT2D eigenvalue weighted by Crippen LogP contribution is -2.39. The molecule has 1 aliphatic rings. The van der Waals surface area contributed by atoms with E-state index in [9.17, 15) is 0 Å². The largest absolute Gasteiger partial charge is 0.357 e. The Hall–Kier alpha value is -1.78.